The molecule has 4 atom stereocenters. The number of aliphatic hydroxyl groups is 2. The number of nitrogens with two attached hydrogens (primary N) is 1. The summed E-state index contributed by atoms with van der Waals surface area (Å²) in [4.78, 5) is 3.91. The minimum atomic E-state index is -1.77. The van der Waals surface area contributed by atoms with Gasteiger partial charge in [-0.3, -0.25) is 0 Å². The number of anilines is 1. The van der Waals surface area contributed by atoms with E-state index in [-0.39, 0.29) is 5.82 Å². The van der Waals surface area contributed by atoms with Gasteiger partial charge in [0.2, 0.25) is 5.60 Å². The summed E-state index contributed by atoms with van der Waals surface area (Å²) in [5, 5.41) is 35.1. The predicted molar refractivity (Wildman–Crippen MR) is 90.6 cm³/mol. The maximum absolute atomic E-state index is 10.7. The van der Waals surface area contributed by atoms with Crippen LogP contribution < -0.4 is 5.73 Å². The topological polar surface area (TPSA) is 130 Å². The first-order valence-corrected chi connectivity index (χ1v) is 8.05. The average molecular weight is 350 g/mol. The number of hydrogen-bond donors (Lipinski definition) is 3. The highest BCUT2D eigenvalue weighted by Crippen LogP contribution is 2.41. The Kier molecular flexibility index (Phi) is 3.85. The van der Waals surface area contributed by atoms with Crippen molar-refractivity contribution in [3.8, 4) is 6.07 Å². The van der Waals surface area contributed by atoms with Gasteiger partial charge in [-0.1, -0.05) is 24.3 Å². The number of ether oxygens (including phenoxy) is 1. The van der Waals surface area contributed by atoms with Crippen molar-refractivity contribution >= 4 is 11.3 Å². The molecule has 0 aliphatic carbocycles. The Morgan fingerprint density at radius 2 is 2.08 bits per heavy atom. The standard InChI is InChI=1S/C18H16N5O3/c19-9-18(14-7-6-12-17(20)21-10-22-23(12)14)16(25)15(24)13(26-18)8-11-4-2-1-3-5-11/h2-7,10,13,15-16,24-25H,8H2,(H2,20,21,22)/t13-,15-,16-,18+/m1/s1. The van der Waals surface area contributed by atoms with E-state index in [1.165, 1.54) is 10.8 Å². The lowest BCUT2D eigenvalue weighted by Gasteiger charge is -2.24. The fourth-order valence-electron chi connectivity index (χ4n) is 3.37. The van der Waals surface area contributed by atoms with Gasteiger partial charge in [-0.05, 0) is 23.8 Å². The van der Waals surface area contributed by atoms with Crippen LogP contribution in [-0.4, -0.2) is 43.1 Å². The molecule has 8 heteroatoms. The third-order valence-electron chi connectivity index (χ3n) is 4.71. The predicted octanol–water partition coefficient (Wildman–Crippen LogP) is 0.194. The van der Waals surface area contributed by atoms with Crippen LogP contribution in [0.4, 0.5) is 5.82 Å². The van der Waals surface area contributed by atoms with E-state index in [4.69, 9.17) is 10.5 Å². The fourth-order valence-corrected chi connectivity index (χ4v) is 3.37. The van der Waals surface area contributed by atoms with Crippen LogP contribution in [0.5, 0.6) is 0 Å². The second kappa shape index (κ2) is 6.07. The molecule has 0 amide bonds. The van der Waals surface area contributed by atoms with E-state index in [1.54, 1.807) is 24.3 Å². The Hall–Kier alpha value is -2.99. The summed E-state index contributed by atoms with van der Waals surface area (Å²) in [6, 6.07) is 15.4. The van der Waals surface area contributed by atoms with Gasteiger partial charge in [0.25, 0.3) is 0 Å². The van der Waals surface area contributed by atoms with Crippen LogP contribution in [0.2, 0.25) is 0 Å². The van der Waals surface area contributed by atoms with Crippen molar-refractivity contribution in [2.24, 2.45) is 0 Å². The van der Waals surface area contributed by atoms with E-state index >= 15 is 0 Å². The molecule has 1 saturated heterocycles. The molecule has 131 valence electrons. The molecule has 0 spiro atoms. The average Bonchev–Trinajstić information content (AvgIpc) is 3.19. The molecule has 8 nitrogen and oxygen atoms in total. The number of nitriles is 1. The molecule has 0 bridgehead atoms. The Morgan fingerprint density at radius 1 is 1.31 bits per heavy atom. The zero-order chi connectivity index (χ0) is 18.3. The van der Waals surface area contributed by atoms with E-state index < -0.39 is 23.9 Å². The van der Waals surface area contributed by atoms with Crippen molar-refractivity contribution in [2.75, 3.05) is 5.73 Å². The van der Waals surface area contributed by atoms with E-state index in [2.05, 4.69) is 16.1 Å². The maximum Gasteiger partial charge on any atom is 0.225 e. The Labute approximate surface area is 149 Å². The Morgan fingerprint density at radius 3 is 2.81 bits per heavy atom. The minimum Gasteiger partial charge on any atom is -0.388 e. The SMILES string of the molecule is N#C[C@@]1(c2ccc3c(N)ncnn23)O[C@H](Cc2cc[c]cc2)[C@@H](O)[C@H]1O. The van der Waals surface area contributed by atoms with Gasteiger partial charge in [0.1, 0.15) is 30.1 Å². The van der Waals surface area contributed by atoms with Crippen molar-refractivity contribution in [3.05, 3.63) is 60.0 Å². The number of aliphatic hydroxyl groups excluding tert-OH is 2. The van der Waals surface area contributed by atoms with Crippen LogP contribution in [0.3, 0.4) is 0 Å². The molecule has 26 heavy (non-hydrogen) atoms. The quantitative estimate of drug-likeness (QED) is 0.615. The third kappa shape index (κ3) is 2.34. The van der Waals surface area contributed by atoms with Gasteiger partial charge in [-0.25, -0.2) is 9.50 Å². The first-order chi connectivity index (χ1) is 12.6. The van der Waals surface area contributed by atoms with Crippen molar-refractivity contribution in [1.82, 2.24) is 14.6 Å². The molecule has 0 unspecified atom stereocenters. The van der Waals surface area contributed by atoms with Gasteiger partial charge in [0.05, 0.1) is 11.8 Å². The van der Waals surface area contributed by atoms with Gasteiger partial charge in [-0.15, -0.1) is 0 Å². The molecule has 4 N–H and O–H groups in total. The second-order valence-corrected chi connectivity index (χ2v) is 6.21. The fraction of sp³-hybridized carbons (Fsp3) is 0.278. The van der Waals surface area contributed by atoms with Gasteiger partial charge in [0.15, 0.2) is 5.82 Å². The summed E-state index contributed by atoms with van der Waals surface area (Å²) in [6.45, 7) is 0. The van der Waals surface area contributed by atoms with Gasteiger partial charge < -0.3 is 20.7 Å². The van der Waals surface area contributed by atoms with Crippen molar-refractivity contribution in [2.45, 2.75) is 30.3 Å². The highest BCUT2D eigenvalue weighted by Gasteiger charge is 2.57. The number of hydrogen-bond acceptors (Lipinski definition) is 7. The summed E-state index contributed by atoms with van der Waals surface area (Å²) in [6.07, 6.45) is -1.83. The normalized spacial score (nSPS) is 28.3. The molecule has 0 saturated carbocycles. The smallest absolute Gasteiger partial charge is 0.225 e. The Bertz CT molecular complexity index is 983. The zero-order valence-corrected chi connectivity index (χ0v) is 13.6. The first-order valence-electron chi connectivity index (χ1n) is 8.05. The van der Waals surface area contributed by atoms with Crippen LogP contribution in [0, 0.1) is 17.4 Å². The molecule has 1 aliphatic rings. The minimum absolute atomic E-state index is 0.240. The maximum atomic E-state index is 10.7. The zero-order valence-electron chi connectivity index (χ0n) is 13.6. The molecule has 1 radical (unpaired) electrons. The van der Waals surface area contributed by atoms with Crippen molar-refractivity contribution in [1.29, 1.82) is 5.26 Å². The lowest BCUT2D eigenvalue weighted by molar-refractivity contribution is -0.0500. The molecule has 3 aromatic rings. The van der Waals surface area contributed by atoms with Crippen molar-refractivity contribution in [3.63, 3.8) is 0 Å². The third-order valence-corrected chi connectivity index (χ3v) is 4.71. The van der Waals surface area contributed by atoms with E-state index in [0.29, 0.717) is 17.6 Å². The number of nitrogen functional groups attached to an aromatic ring is 1. The number of benzene rings is 1. The summed E-state index contributed by atoms with van der Waals surface area (Å²) in [5.41, 5.74) is 5.75. The highest BCUT2D eigenvalue weighted by molar-refractivity contribution is 5.66. The van der Waals surface area contributed by atoms with E-state index in [1.807, 2.05) is 18.2 Å². The lowest BCUT2D eigenvalue weighted by atomic mass is 9.91. The molecular formula is C18H16N5O3. The van der Waals surface area contributed by atoms with E-state index in [0.717, 1.165) is 5.56 Å². The monoisotopic (exact) mass is 350 g/mol. The van der Waals surface area contributed by atoms with Crippen LogP contribution >= 0.6 is 0 Å². The summed E-state index contributed by atoms with van der Waals surface area (Å²) in [5.74, 6) is 0.240. The molecule has 4 rings (SSSR count). The van der Waals surface area contributed by atoms with Crippen LogP contribution in [0.15, 0.2) is 42.7 Å². The molecule has 3 heterocycles. The number of fused-ring (bicyclic) bond motifs is 1. The van der Waals surface area contributed by atoms with E-state index in [9.17, 15) is 15.5 Å². The molecule has 1 aliphatic heterocycles. The van der Waals surface area contributed by atoms with Gasteiger partial charge >= 0.3 is 0 Å². The van der Waals surface area contributed by atoms with Gasteiger partial charge in [0, 0.05) is 6.42 Å². The van der Waals surface area contributed by atoms with Crippen LogP contribution in [-0.2, 0) is 16.8 Å². The molecule has 1 fully saturated rings. The summed E-state index contributed by atoms with van der Waals surface area (Å²) < 4.78 is 7.33. The molecular weight excluding hydrogens is 334 g/mol. The molecule has 2 aromatic heterocycles. The van der Waals surface area contributed by atoms with Crippen molar-refractivity contribution < 1.29 is 14.9 Å². The summed E-state index contributed by atoms with van der Waals surface area (Å²) >= 11 is 0. The number of aromatic nitrogens is 3. The largest absolute Gasteiger partial charge is 0.388 e. The second-order valence-electron chi connectivity index (χ2n) is 6.21. The van der Waals surface area contributed by atoms with Gasteiger partial charge in [-0.2, -0.15) is 10.4 Å². The number of rotatable bonds is 3. The number of nitrogens with zero attached hydrogens (tertiary/aromatic N) is 4. The summed E-state index contributed by atoms with van der Waals surface area (Å²) in [7, 11) is 0. The Balaban J connectivity index is 1.75. The van der Waals surface area contributed by atoms with Crippen LogP contribution in [0.25, 0.3) is 5.52 Å². The van der Waals surface area contributed by atoms with Crippen LogP contribution in [0.1, 0.15) is 11.3 Å². The molecule has 1 aromatic carbocycles. The highest BCUT2D eigenvalue weighted by atomic mass is 16.6. The lowest BCUT2D eigenvalue weighted by Crippen LogP contribution is -2.40. The first kappa shape index (κ1) is 16.5.